The lowest BCUT2D eigenvalue weighted by molar-refractivity contribution is -0.0403. The Morgan fingerprint density at radius 3 is 3.00 bits per heavy atom. The highest BCUT2D eigenvalue weighted by Gasteiger charge is 2.31. The van der Waals surface area contributed by atoms with Gasteiger partial charge in [-0.05, 0) is 32.2 Å². The number of para-hydroxylation sites is 1. The third kappa shape index (κ3) is 4.86. The Labute approximate surface area is 215 Å². The van der Waals surface area contributed by atoms with Gasteiger partial charge in [-0.25, -0.2) is 0 Å². The van der Waals surface area contributed by atoms with Gasteiger partial charge in [0.15, 0.2) is 5.75 Å². The zero-order chi connectivity index (χ0) is 25.2. The van der Waals surface area contributed by atoms with Crippen molar-refractivity contribution in [3.8, 4) is 22.8 Å². The van der Waals surface area contributed by atoms with E-state index in [-0.39, 0.29) is 18.1 Å². The monoisotopic (exact) mass is 511 g/mol. The molecule has 0 bridgehead atoms. The van der Waals surface area contributed by atoms with Crippen LogP contribution in [-0.4, -0.2) is 73.4 Å². The second-order valence-electron chi connectivity index (χ2n) is 9.19. The summed E-state index contributed by atoms with van der Waals surface area (Å²) in [4.78, 5) is 23.1. The number of aromatic amines is 1. The van der Waals surface area contributed by atoms with Gasteiger partial charge in [0.05, 0.1) is 47.6 Å². The van der Waals surface area contributed by atoms with Gasteiger partial charge in [0, 0.05) is 43.0 Å². The molecule has 36 heavy (non-hydrogen) atoms. The maximum Gasteiger partial charge on any atom is 0.255 e. The first-order chi connectivity index (χ1) is 17.4. The molecule has 3 N–H and O–H groups in total. The van der Waals surface area contributed by atoms with Crippen molar-refractivity contribution in [1.82, 2.24) is 20.2 Å². The van der Waals surface area contributed by atoms with Gasteiger partial charge in [0.1, 0.15) is 18.5 Å². The maximum atomic E-state index is 13.1. The minimum Gasteiger partial charge on any atom is -0.493 e. The van der Waals surface area contributed by atoms with E-state index >= 15 is 0 Å². The van der Waals surface area contributed by atoms with Crippen molar-refractivity contribution in [3.05, 3.63) is 52.9 Å². The first-order valence-corrected chi connectivity index (χ1v) is 12.3. The third-order valence-electron chi connectivity index (χ3n) is 6.44. The number of H-pyrrole nitrogens is 1. The average molecular weight is 512 g/mol. The van der Waals surface area contributed by atoms with Gasteiger partial charge < -0.3 is 34.7 Å². The van der Waals surface area contributed by atoms with Gasteiger partial charge in [-0.3, -0.25) is 9.78 Å². The molecule has 2 atom stereocenters. The van der Waals surface area contributed by atoms with E-state index < -0.39 is 0 Å². The van der Waals surface area contributed by atoms with Crippen LogP contribution in [0.2, 0.25) is 5.02 Å². The number of halogens is 1. The number of pyridine rings is 1. The molecule has 5 rings (SSSR count). The number of hydrogen-bond donors (Lipinski definition) is 3. The third-order valence-corrected chi connectivity index (χ3v) is 6.74. The predicted octanol–water partition coefficient (Wildman–Crippen LogP) is 3.87. The van der Waals surface area contributed by atoms with Crippen molar-refractivity contribution in [3.63, 3.8) is 0 Å². The fraction of sp³-hybridized carbons (Fsp3) is 0.385. The number of fused-ring (bicyclic) bond motifs is 1. The highest BCUT2D eigenvalue weighted by Crippen LogP contribution is 2.43. The molecular weight excluding hydrogens is 482 g/mol. The maximum absolute atomic E-state index is 13.1. The van der Waals surface area contributed by atoms with Crippen LogP contribution in [0.1, 0.15) is 23.0 Å². The van der Waals surface area contributed by atoms with Crippen LogP contribution in [-0.2, 0) is 11.2 Å². The minimum absolute atomic E-state index is 0.0126. The molecule has 10 heteroatoms. The van der Waals surface area contributed by atoms with Crippen molar-refractivity contribution in [1.29, 1.82) is 0 Å². The Kier molecular flexibility index (Phi) is 7.04. The summed E-state index contributed by atoms with van der Waals surface area (Å²) in [7, 11) is 3.64. The number of amides is 1. The fourth-order valence-electron chi connectivity index (χ4n) is 4.74. The molecule has 0 radical (unpaired) electrons. The summed E-state index contributed by atoms with van der Waals surface area (Å²) < 4.78 is 17.6. The van der Waals surface area contributed by atoms with Crippen LogP contribution in [0.25, 0.3) is 11.3 Å². The van der Waals surface area contributed by atoms with Crippen LogP contribution in [0, 0.1) is 0 Å². The van der Waals surface area contributed by atoms with Crippen molar-refractivity contribution < 1.29 is 19.0 Å². The number of hydrogen-bond acceptors (Lipinski definition) is 7. The molecule has 1 fully saturated rings. The first kappa shape index (κ1) is 24.4. The van der Waals surface area contributed by atoms with E-state index in [2.05, 4.69) is 32.5 Å². The largest absolute Gasteiger partial charge is 0.493 e. The Balaban J connectivity index is 1.55. The van der Waals surface area contributed by atoms with Gasteiger partial charge in [0.2, 0.25) is 0 Å². The Morgan fingerprint density at radius 1 is 1.33 bits per heavy atom. The fourth-order valence-corrected chi connectivity index (χ4v) is 4.99. The number of morpholine rings is 1. The Hall–Kier alpha value is -3.27. The quantitative estimate of drug-likeness (QED) is 0.442. The summed E-state index contributed by atoms with van der Waals surface area (Å²) in [6, 6.07) is 7.34. The number of carbonyl (C=O) groups excluding carboxylic acids is 1. The van der Waals surface area contributed by atoms with Crippen molar-refractivity contribution in [2.24, 2.45) is 0 Å². The molecule has 0 saturated carbocycles. The van der Waals surface area contributed by atoms with E-state index in [1.54, 1.807) is 25.6 Å². The molecule has 1 aromatic carbocycles. The Morgan fingerprint density at radius 2 is 2.19 bits per heavy atom. The number of aromatic nitrogens is 2. The topological polar surface area (TPSA) is 101 Å². The molecular formula is C26H30ClN5O4. The van der Waals surface area contributed by atoms with E-state index in [0.717, 1.165) is 30.0 Å². The van der Waals surface area contributed by atoms with Crippen molar-refractivity contribution in [2.75, 3.05) is 45.8 Å². The van der Waals surface area contributed by atoms with Crippen LogP contribution in [0.4, 0.5) is 11.4 Å². The number of benzene rings is 1. The highest BCUT2D eigenvalue weighted by molar-refractivity contribution is 6.32. The molecule has 1 saturated heterocycles. The van der Waals surface area contributed by atoms with Crippen LogP contribution < -0.4 is 20.1 Å². The summed E-state index contributed by atoms with van der Waals surface area (Å²) in [6.45, 7) is 4.76. The van der Waals surface area contributed by atoms with Gasteiger partial charge >= 0.3 is 0 Å². The van der Waals surface area contributed by atoms with Gasteiger partial charge in [-0.15, -0.1) is 0 Å². The number of methoxy groups -OCH3 is 1. The van der Waals surface area contributed by atoms with E-state index in [1.807, 2.05) is 25.1 Å². The van der Waals surface area contributed by atoms with Crippen LogP contribution in [0.15, 0.2) is 36.7 Å². The van der Waals surface area contributed by atoms with Gasteiger partial charge in [0.25, 0.3) is 5.91 Å². The summed E-state index contributed by atoms with van der Waals surface area (Å²) in [5.74, 6) is 0.946. The molecule has 190 valence electrons. The standard InChI is InChI=1S/C26H30ClN5O4/c1-15-11-20-22(26(33)29-15)24(30-19-6-4-5-18(27)25(19)34-3)23(31-20)17-7-8-28-12-21(17)36-14-16-13-32(2)9-10-35-16/h4-8,12,15-16,30-31H,9-11,13-14H2,1-3H3,(H,29,33)/t15-,16+/m1/s1. The lowest BCUT2D eigenvalue weighted by Gasteiger charge is -2.30. The molecule has 9 nitrogen and oxygen atoms in total. The molecule has 2 aromatic heterocycles. The zero-order valence-corrected chi connectivity index (χ0v) is 21.3. The van der Waals surface area contributed by atoms with Crippen molar-refractivity contribution in [2.45, 2.75) is 25.5 Å². The molecule has 2 aliphatic rings. The first-order valence-electron chi connectivity index (χ1n) is 12.0. The highest BCUT2D eigenvalue weighted by atomic mass is 35.5. The molecule has 2 aliphatic heterocycles. The van der Waals surface area contributed by atoms with Crippen LogP contribution >= 0.6 is 11.6 Å². The summed E-state index contributed by atoms with van der Waals surface area (Å²) in [6.07, 6.45) is 4.04. The average Bonchev–Trinajstić information content (AvgIpc) is 3.21. The number of nitrogens with one attached hydrogen (secondary N) is 3. The second-order valence-corrected chi connectivity index (χ2v) is 9.60. The lowest BCUT2D eigenvalue weighted by atomic mass is 10.0. The number of ether oxygens (including phenoxy) is 3. The normalized spacial score (nSPS) is 19.9. The second kappa shape index (κ2) is 10.4. The molecule has 3 aromatic rings. The number of rotatable bonds is 7. The van der Waals surface area contributed by atoms with Gasteiger partial charge in [-0.2, -0.15) is 0 Å². The van der Waals surface area contributed by atoms with Gasteiger partial charge in [-0.1, -0.05) is 17.7 Å². The van der Waals surface area contributed by atoms with Crippen LogP contribution in [0.3, 0.4) is 0 Å². The summed E-state index contributed by atoms with van der Waals surface area (Å²) in [5, 5.41) is 6.92. The Bertz CT molecular complexity index is 1260. The summed E-state index contributed by atoms with van der Waals surface area (Å²) >= 11 is 6.37. The molecule has 1 amide bonds. The number of carbonyl (C=O) groups is 1. The molecule has 0 aliphatic carbocycles. The summed E-state index contributed by atoms with van der Waals surface area (Å²) in [5.41, 5.74) is 4.20. The van der Waals surface area contributed by atoms with E-state index in [1.165, 1.54) is 0 Å². The van der Waals surface area contributed by atoms with Crippen LogP contribution in [0.5, 0.6) is 11.5 Å². The van der Waals surface area contributed by atoms with Crippen molar-refractivity contribution >= 4 is 28.9 Å². The smallest absolute Gasteiger partial charge is 0.255 e. The molecule has 0 spiro atoms. The number of nitrogens with zero attached hydrogens (tertiary/aromatic N) is 2. The van der Waals surface area contributed by atoms with E-state index in [0.29, 0.717) is 53.1 Å². The number of anilines is 2. The van der Waals surface area contributed by atoms with E-state index in [9.17, 15) is 4.79 Å². The lowest BCUT2D eigenvalue weighted by Crippen LogP contribution is -2.42. The SMILES string of the molecule is COc1c(Cl)cccc1Nc1c(-c2ccncc2OC[C@@H]2CN(C)CCO2)[nH]c2c1C(=O)N[C@H](C)C2. The minimum atomic E-state index is -0.148. The van der Waals surface area contributed by atoms with E-state index in [4.69, 9.17) is 25.8 Å². The predicted molar refractivity (Wildman–Crippen MR) is 139 cm³/mol. The molecule has 4 heterocycles. The molecule has 0 unspecified atom stereocenters. The zero-order valence-electron chi connectivity index (χ0n) is 20.6. The number of likely N-dealkylation sites (N-methyl/N-ethyl adjacent to an activating group) is 1.